The summed E-state index contributed by atoms with van der Waals surface area (Å²) in [6, 6.07) is 0. The van der Waals surface area contributed by atoms with E-state index in [4.69, 9.17) is 14.2 Å². The van der Waals surface area contributed by atoms with Gasteiger partial charge in [-0.05, 0) is 31.6 Å². The Hall–Kier alpha value is -2.52. The van der Waals surface area contributed by atoms with E-state index in [0.29, 0.717) is 29.9 Å². The highest BCUT2D eigenvalue weighted by Crippen LogP contribution is 2.39. The number of rotatable bonds is 5. The molecule has 1 unspecified atom stereocenters. The Morgan fingerprint density at radius 3 is 3.10 bits per heavy atom. The highest BCUT2D eigenvalue weighted by atomic mass is 32.1. The van der Waals surface area contributed by atoms with E-state index in [9.17, 15) is 4.79 Å². The molecule has 0 saturated carbocycles. The van der Waals surface area contributed by atoms with Crippen LogP contribution in [0.2, 0.25) is 0 Å². The van der Waals surface area contributed by atoms with Gasteiger partial charge in [0.05, 0.1) is 25.0 Å². The van der Waals surface area contributed by atoms with Crippen molar-refractivity contribution in [2.24, 2.45) is 13.0 Å². The molecule has 1 amide bonds. The highest BCUT2D eigenvalue weighted by molar-refractivity contribution is 7.16. The Labute approximate surface area is 178 Å². The molecule has 30 heavy (non-hydrogen) atoms. The molecular formula is C21H25N5O3S. The van der Waals surface area contributed by atoms with Crippen LogP contribution in [0.15, 0.2) is 10.7 Å². The Morgan fingerprint density at radius 2 is 2.27 bits per heavy atom. The van der Waals surface area contributed by atoms with Crippen molar-refractivity contribution in [2.75, 3.05) is 25.2 Å². The number of thiazole rings is 1. The van der Waals surface area contributed by atoms with Crippen molar-refractivity contribution >= 4 is 22.4 Å². The third kappa shape index (κ3) is 3.16. The van der Waals surface area contributed by atoms with Crippen LogP contribution in [0.5, 0.6) is 0 Å². The Balaban J connectivity index is 1.51. The van der Waals surface area contributed by atoms with Gasteiger partial charge < -0.3 is 9.26 Å². The third-order valence-electron chi connectivity index (χ3n) is 6.08. The fraction of sp³-hybridized carbons (Fsp3) is 0.524. The first-order chi connectivity index (χ1) is 14.6. The van der Waals surface area contributed by atoms with Gasteiger partial charge in [-0.2, -0.15) is 5.10 Å². The molecule has 0 saturated heterocycles. The fourth-order valence-electron chi connectivity index (χ4n) is 4.36. The van der Waals surface area contributed by atoms with Gasteiger partial charge in [0.15, 0.2) is 10.8 Å². The summed E-state index contributed by atoms with van der Waals surface area (Å²) in [5.74, 6) is 1.21. The van der Waals surface area contributed by atoms with E-state index >= 15 is 0 Å². The number of carbonyl (C=O) groups is 1. The Kier molecular flexibility index (Phi) is 4.94. The van der Waals surface area contributed by atoms with Crippen LogP contribution in [0.3, 0.4) is 0 Å². The second kappa shape index (κ2) is 7.63. The van der Waals surface area contributed by atoms with Crippen LogP contribution in [0.25, 0.3) is 11.3 Å². The average Bonchev–Trinajstić information content (AvgIpc) is 3.44. The van der Waals surface area contributed by atoms with Crippen molar-refractivity contribution in [2.45, 2.75) is 39.0 Å². The van der Waals surface area contributed by atoms with Crippen molar-refractivity contribution in [3.8, 4) is 11.3 Å². The van der Waals surface area contributed by atoms with E-state index in [2.05, 4.69) is 17.2 Å². The van der Waals surface area contributed by atoms with E-state index < -0.39 is 0 Å². The lowest BCUT2D eigenvalue weighted by Gasteiger charge is -2.20. The molecule has 2 aliphatic carbocycles. The number of anilines is 1. The number of fused-ring (bicyclic) bond motifs is 4. The lowest BCUT2D eigenvalue weighted by molar-refractivity contribution is 0.0966. The zero-order valence-electron chi connectivity index (χ0n) is 17.5. The van der Waals surface area contributed by atoms with Gasteiger partial charge in [-0.15, -0.1) is 11.3 Å². The first-order valence-corrected chi connectivity index (χ1v) is 11.2. The minimum absolute atomic E-state index is 0.163. The van der Waals surface area contributed by atoms with Crippen molar-refractivity contribution in [1.82, 2.24) is 19.9 Å². The van der Waals surface area contributed by atoms with Gasteiger partial charge in [0.2, 0.25) is 0 Å². The molecular weight excluding hydrogens is 402 g/mol. The monoisotopic (exact) mass is 427 g/mol. The summed E-state index contributed by atoms with van der Waals surface area (Å²) in [7, 11) is 3.59. The zero-order valence-corrected chi connectivity index (χ0v) is 18.3. The van der Waals surface area contributed by atoms with Gasteiger partial charge >= 0.3 is 0 Å². The van der Waals surface area contributed by atoms with E-state index in [0.717, 1.165) is 54.7 Å². The predicted molar refractivity (Wildman–Crippen MR) is 113 cm³/mol. The number of methoxy groups -OCH3 is 1. The summed E-state index contributed by atoms with van der Waals surface area (Å²) >= 11 is 1.57. The van der Waals surface area contributed by atoms with E-state index in [-0.39, 0.29) is 5.91 Å². The molecule has 0 spiro atoms. The number of ether oxygens (including phenoxy) is 1. The maximum absolute atomic E-state index is 13.6. The summed E-state index contributed by atoms with van der Waals surface area (Å²) in [5.41, 5.74) is 4.57. The Bertz CT molecular complexity index is 1100. The lowest BCUT2D eigenvalue weighted by Crippen LogP contribution is -2.35. The number of nitrogens with zero attached hydrogens (tertiary/aromatic N) is 5. The number of aromatic nitrogens is 4. The minimum Gasteiger partial charge on any atom is -0.383 e. The van der Waals surface area contributed by atoms with Crippen molar-refractivity contribution in [3.05, 3.63) is 33.8 Å². The minimum atomic E-state index is -0.163. The van der Waals surface area contributed by atoms with Crippen LogP contribution in [-0.2, 0) is 37.5 Å². The summed E-state index contributed by atoms with van der Waals surface area (Å²) in [6.07, 6.45) is 6.43. The van der Waals surface area contributed by atoms with E-state index in [1.165, 1.54) is 10.6 Å². The smallest absolute Gasteiger partial charge is 0.282 e. The van der Waals surface area contributed by atoms with Gasteiger partial charge in [0.1, 0.15) is 5.76 Å². The maximum atomic E-state index is 13.6. The van der Waals surface area contributed by atoms with Gasteiger partial charge in [-0.3, -0.25) is 14.4 Å². The van der Waals surface area contributed by atoms with E-state index in [1.54, 1.807) is 23.3 Å². The molecule has 3 aromatic rings. The maximum Gasteiger partial charge on any atom is 0.282 e. The topological polar surface area (TPSA) is 86.3 Å². The van der Waals surface area contributed by atoms with Gasteiger partial charge in [0.25, 0.3) is 5.91 Å². The molecule has 158 valence electrons. The average molecular weight is 428 g/mol. The molecule has 8 nitrogen and oxygen atoms in total. The summed E-state index contributed by atoms with van der Waals surface area (Å²) in [4.78, 5) is 21.3. The first-order valence-electron chi connectivity index (χ1n) is 10.4. The SMILES string of the molecule is COCCN(C(=O)c1noc2c1CC(C)CC2)c1nc2c(s1)CCc1c-2cnn1C. The second-order valence-corrected chi connectivity index (χ2v) is 9.19. The summed E-state index contributed by atoms with van der Waals surface area (Å²) in [5, 5.41) is 9.23. The number of aryl methyl sites for hydroxylation is 3. The molecule has 9 heteroatoms. The number of carbonyl (C=O) groups excluding carboxylic acids is 1. The van der Waals surface area contributed by atoms with Crippen LogP contribution in [0.1, 0.15) is 45.7 Å². The Morgan fingerprint density at radius 1 is 1.40 bits per heavy atom. The highest BCUT2D eigenvalue weighted by Gasteiger charge is 2.33. The zero-order chi connectivity index (χ0) is 20.8. The van der Waals surface area contributed by atoms with Crippen LogP contribution in [-0.4, -0.2) is 46.1 Å². The number of hydrogen-bond acceptors (Lipinski definition) is 7. The molecule has 0 fully saturated rings. The number of amides is 1. The molecule has 0 N–H and O–H groups in total. The van der Waals surface area contributed by atoms with E-state index in [1.807, 2.05) is 17.9 Å². The van der Waals surface area contributed by atoms with Crippen LogP contribution < -0.4 is 4.90 Å². The lowest BCUT2D eigenvalue weighted by atomic mass is 9.88. The van der Waals surface area contributed by atoms with Crippen molar-refractivity contribution in [3.63, 3.8) is 0 Å². The first kappa shape index (κ1) is 19.4. The van der Waals surface area contributed by atoms with Crippen LogP contribution in [0.4, 0.5) is 5.13 Å². The van der Waals surface area contributed by atoms with Gasteiger partial charge in [0, 0.05) is 42.3 Å². The summed E-state index contributed by atoms with van der Waals surface area (Å²) < 4.78 is 12.7. The van der Waals surface area contributed by atoms with Gasteiger partial charge in [-0.25, -0.2) is 4.98 Å². The second-order valence-electron chi connectivity index (χ2n) is 8.13. The standard InChI is InChI=1S/C21H25N5O3S/c1-12-4-6-16-13(10-12)19(24-29-16)20(27)26(8-9-28-3)21-23-18-14-11-22-25(2)15(14)5-7-17(18)30-21/h11-12H,4-10H2,1-3H3. The molecule has 0 aliphatic heterocycles. The quantitative estimate of drug-likeness (QED) is 0.622. The molecule has 0 radical (unpaired) electrons. The summed E-state index contributed by atoms with van der Waals surface area (Å²) in [6.45, 7) is 3.04. The predicted octanol–water partition coefficient (Wildman–Crippen LogP) is 3.05. The molecule has 3 heterocycles. The molecule has 5 rings (SSSR count). The van der Waals surface area contributed by atoms with Crippen LogP contribution in [0, 0.1) is 5.92 Å². The number of hydrogen-bond donors (Lipinski definition) is 0. The molecule has 3 aromatic heterocycles. The van der Waals surface area contributed by atoms with Crippen molar-refractivity contribution < 1.29 is 14.1 Å². The molecule has 1 atom stereocenters. The van der Waals surface area contributed by atoms with Crippen LogP contribution >= 0.6 is 11.3 Å². The largest absolute Gasteiger partial charge is 0.383 e. The third-order valence-corrected chi connectivity index (χ3v) is 7.21. The fourth-order valence-corrected chi connectivity index (χ4v) is 5.46. The molecule has 0 bridgehead atoms. The molecule has 0 aromatic carbocycles. The van der Waals surface area contributed by atoms with Crippen molar-refractivity contribution in [1.29, 1.82) is 0 Å². The van der Waals surface area contributed by atoms with Gasteiger partial charge in [-0.1, -0.05) is 12.1 Å². The normalized spacial score (nSPS) is 17.4. The molecule has 2 aliphatic rings.